The number of furan rings is 1. The zero-order valence-corrected chi connectivity index (χ0v) is 11.7. The van der Waals surface area contributed by atoms with E-state index in [-0.39, 0.29) is 6.61 Å². The van der Waals surface area contributed by atoms with Gasteiger partial charge in [0.25, 0.3) is 0 Å². The van der Waals surface area contributed by atoms with Gasteiger partial charge in [-0.15, -0.1) is 23.1 Å². The maximum Gasteiger partial charge on any atom is 0.114 e. The molecular formula is C14H14O2S2. The van der Waals surface area contributed by atoms with E-state index >= 15 is 0 Å². The molecule has 0 saturated carbocycles. The predicted molar refractivity (Wildman–Crippen MR) is 75.9 cm³/mol. The summed E-state index contributed by atoms with van der Waals surface area (Å²) in [6.07, 6.45) is 2.26. The summed E-state index contributed by atoms with van der Waals surface area (Å²) in [5.74, 6) is 7.89. The first-order valence-electron chi connectivity index (χ1n) is 5.65. The first-order chi connectivity index (χ1) is 8.79. The topological polar surface area (TPSA) is 33.4 Å². The van der Waals surface area contributed by atoms with E-state index < -0.39 is 0 Å². The van der Waals surface area contributed by atoms with E-state index in [0.717, 1.165) is 16.4 Å². The van der Waals surface area contributed by atoms with Gasteiger partial charge in [-0.2, -0.15) is 0 Å². The summed E-state index contributed by atoms with van der Waals surface area (Å²) in [5.41, 5.74) is 0. The lowest BCUT2D eigenvalue weighted by molar-refractivity contribution is 0.305. The maximum absolute atomic E-state index is 8.65. The smallest absolute Gasteiger partial charge is 0.114 e. The first-order valence-corrected chi connectivity index (χ1v) is 7.45. The fraction of sp³-hybridized carbons (Fsp3) is 0.286. The van der Waals surface area contributed by atoms with Crippen molar-refractivity contribution in [1.82, 2.24) is 0 Å². The number of aliphatic hydroxyl groups is 1. The van der Waals surface area contributed by atoms with Gasteiger partial charge in [0.05, 0.1) is 17.7 Å². The lowest BCUT2D eigenvalue weighted by Crippen LogP contribution is -1.75. The van der Waals surface area contributed by atoms with Crippen molar-refractivity contribution in [2.24, 2.45) is 0 Å². The van der Waals surface area contributed by atoms with Crippen molar-refractivity contribution in [3.05, 3.63) is 40.0 Å². The van der Waals surface area contributed by atoms with Crippen molar-refractivity contribution < 1.29 is 9.52 Å². The number of thioether (sulfide) groups is 1. The molecule has 0 aliphatic rings. The van der Waals surface area contributed by atoms with Crippen LogP contribution < -0.4 is 0 Å². The summed E-state index contributed by atoms with van der Waals surface area (Å²) >= 11 is 3.48. The van der Waals surface area contributed by atoms with E-state index in [0.29, 0.717) is 6.42 Å². The van der Waals surface area contributed by atoms with Crippen molar-refractivity contribution >= 4 is 23.1 Å². The molecule has 0 spiro atoms. The van der Waals surface area contributed by atoms with Crippen molar-refractivity contribution in [2.45, 2.75) is 24.0 Å². The lowest BCUT2D eigenvalue weighted by Gasteiger charge is -1.96. The van der Waals surface area contributed by atoms with Crippen LogP contribution in [0.1, 0.15) is 21.9 Å². The summed E-state index contributed by atoms with van der Waals surface area (Å²) in [7, 11) is 0. The number of hydrogen-bond donors (Lipinski definition) is 1. The SMILES string of the molecule is Cc1occc1SCc1ccc(C#CCCO)s1. The van der Waals surface area contributed by atoms with Gasteiger partial charge in [-0.3, -0.25) is 0 Å². The molecule has 0 atom stereocenters. The highest BCUT2D eigenvalue weighted by atomic mass is 32.2. The molecule has 2 heterocycles. The molecule has 0 amide bonds. The monoisotopic (exact) mass is 278 g/mol. The largest absolute Gasteiger partial charge is 0.468 e. The van der Waals surface area contributed by atoms with Crippen LogP contribution in [0.25, 0.3) is 0 Å². The summed E-state index contributed by atoms with van der Waals surface area (Å²) in [6, 6.07) is 6.14. The zero-order valence-electron chi connectivity index (χ0n) is 10.1. The Bertz CT molecular complexity index is 558. The molecule has 2 aromatic rings. The highest BCUT2D eigenvalue weighted by molar-refractivity contribution is 7.98. The minimum Gasteiger partial charge on any atom is -0.468 e. The maximum atomic E-state index is 8.65. The number of aliphatic hydroxyl groups excluding tert-OH is 1. The second-order valence-corrected chi connectivity index (χ2v) is 5.86. The molecule has 0 aromatic carbocycles. The van der Waals surface area contributed by atoms with Crippen molar-refractivity contribution in [3.63, 3.8) is 0 Å². The zero-order chi connectivity index (χ0) is 12.8. The molecular weight excluding hydrogens is 264 g/mol. The molecule has 18 heavy (non-hydrogen) atoms. The molecule has 2 aromatic heterocycles. The molecule has 0 saturated heterocycles. The Morgan fingerprint density at radius 1 is 1.39 bits per heavy atom. The summed E-state index contributed by atoms with van der Waals surface area (Å²) in [5, 5.41) is 8.65. The van der Waals surface area contributed by atoms with E-state index in [9.17, 15) is 0 Å². The fourth-order valence-corrected chi connectivity index (χ4v) is 3.29. The highest BCUT2D eigenvalue weighted by Crippen LogP contribution is 2.29. The van der Waals surface area contributed by atoms with Crippen LogP contribution in [0, 0.1) is 18.8 Å². The lowest BCUT2D eigenvalue weighted by atomic mass is 10.4. The number of hydrogen-bond acceptors (Lipinski definition) is 4. The van der Waals surface area contributed by atoms with E-state index in [1.54, 1.807) is 29.4 Å². The molecule has 0 fully saturated rings. The molecule has 2 rings (SSSR count). The Balaban J connectivity index is 1.91. The van der Waals surface area contributed by atoms with Crippen LogP contribution in [0.2, 0.25) is 0 Å². The minimum atomic E-state index is 0.126. The standard InChI is InChI=1S/C14H14O2S2/c1-11-14(7-9-16-11)17-10-13-6-5-12(18-13)4-2-3-8-15/h5-7,9,15H,3,8,10H2,1H3. The Labute approximate surface area is 115 Å². The summed E-state index contributed by atoms with van der Waals surface area (Å²) < 4.78 is 5.26. The van der Waals surface area contributed by atoms with Crippen LogP contribution in [0.15, 0.2) is 33.8 Å². The Morgan fingerprint density at radius 2 is 2.28 bits per heavy atom. The number of aryl methyl sites for hydroxylation is 1. The minimum absolute atomic E-state index is 0.126. The van der Waals surface area contributed by atoms with Crippen LogP contribution in [0.5, 0.6) is 0 Å². The summed E-state index contributed by atoms with van der Waals surface area (Å²) in [4.78, 5) is 3.55. The first kappa shape index (κ1) is 13.3. The third kappa shape index (κ3) is 3.67. The second-order valence-electron chi connectivity index (χ2n) is 3.67. The van der Waals surface area contributed by atoms with E-state index in [1.165, 1.54) is 9.77 Å². The molecule has 0 radical (unpaired) electrons. The van der Waals surface area contributed by atoms with Crippen molar-refractivity contribution in [1.29, 1.82) is 0 Å². The Morgan fingerprint density at radius 3 is 3.00 bits per heavy atom. The molecule has 0 unspecified atom stereocenters. The molecule has 2 nitrogen and oxygen atoms in total. The normalized spacial score (nSPS) is 10.1. The quantitative estimate of drug-likeness (QED) is 0.684. The molecule has 4 heteroatoms. The van der Waals surface area contributed by atoms with Gasteiger partial charge in [0.1, 0.15) is 5.76 Å². The van der Waals surface area contributed by atoms with Crippen molar-refractivity contribution in [3.8, 4) is 11.8 Å². The van der Waals surface area contributed by atoms with Crippen molar-refractivity contribution in [2.75, 3.05) is 6.61 Å². The second kappa shape index (κ2) is 6.69. The van der Waals surface area contributed by atoms with E-state index in [4.69, 9.17) is 9.52 Å². The molecule has 1 N–H and O–H groups in total. The van der Waals surface area contributed by atoms with Crippen LogP contribution in [0.4, 0.5) is 0 Å². The average molecular weight is 278 g/mol. The number of rotatable bonds is 4. The number of thiophene rings is 1. The van der Waals surface area contributed by atoms with Gasteiger partial charge in [0.15, 0.2) is 0 Å². The molecule has 0 aliphatic heterocycles. The van der Waals surface area contributed by atoms with Gasteiger partial charge in [-0.05, 0) is 25.1 Å². The van der Waals surface area contributed by atoms with Crippen LogP contribution >= 0.6 is 23.1 Å². The molecule has 0 bridgehead atoms. The third-order valence-corrected chi connectivity index (χ3v) is 4.66. The average Bonchev–Trinajstić information content (AvgIpc) is 2.96. The Hall–Kier alpha value is -1.15. The molecule has 0 aliphatic carbocycles. The van der Waals surface area contributed by atoms with Crippen LogP contribution in [-0.2, 0) is 5.75 Å². The van der Waals surface area contributed by atoms with Crippen LogP contribution in [0.3, 0.4) is 0 Å². The Kier molecular flexibility index (Phi) is 4.94. The fourth-order valence-electron chi connectivity index (χ4n) is 1.40. The third-order valence-electron chi connectivity index (χ3n) is 2.29. The van der Waals surface area contributed by atoms with Gasteiger partial charge in [-0.25, -0.2) is 0 Å². The predicted octanol–water partition coefficient (Wildman–Crippen LogP) is 3.68. The van der Waals surface area contributed by atoms with Crippen LogP contribution in [-0.4, -0.2) is 11.7 Å². The van der Waals surface area contributed by atoms with Gasteiger partial charge >= 0.3 is 0 Å². The van der Waals surface area contributed by atoms with Gasteiger partial charge in [0, 0.05) is 21.9 Å². The van der Waals surface area contributed by atoms with Gasteiger partial charge < -0.3 is 9.52 Å². The summed E-state index contributed by atoms with van der Waals surface area (Å²) in [6.45, 7) is 2.10. The highest BCUT2D eigenvalue weighted by Gasteiger charge is 2.04. The van der Waals surface area contributed by atoms with E-state index in [2.05, 4.69) is 17.9 Å². The van der Waals surface area contributed by atoms with E-state index in [1.807, 2.05) is 19.1 Å². The van der Waals surface area contributed by atoms with Gasteiger partial charge in [0.2, 0.25) is 0 Å². The molecule has 94 valence electrons. The van der Waals surface area contributed by atoms with Gasteiger partial charge in [-0.1, -0.05) is 11.8 Å².